The van der Waals surface area contributed by atoms with Crippen molar-refractivity contribution in [2.45, 2.75) is 4.90 Å². The highest BCUT2D eigenvalue weighted by Crippen LogP contribution is 2.26. The normalized spacial score (nSPS) is 11.3. The van der Waals surface area contributed by atoms with Crippen molar-refractivity contribution in [3.8, 4) is 0 Å². The van der Waals surface area contributed by atoms with Crippen LogP contribution in [-0.4, -0.2) is 13.4 Å². The lowest BCUT2D eigenvalue weighted by atomic mass is 10.3. The highest BCUT2D eigenvalue weighted by atomic mass is 35.5. The summed E-state index contributed by atoms with van der Waals surface area (Å²) in [5.41, 5.74) is 5.61. The van der Waals surface area contributed by atoms with E-state index < -0.39 is 15.8 Å². The first-order valence-corrected chi connectivity index (χ1v) is 6.93. The molecule has 0 saturated carbocycles. The van der Waals surface area contributed by atoms with Gasteiger partial charge in [0, 0.05) is 11.9 Å². The van der Waals surface area contributed by atoms with Gasteiger partial charge in [0.2, 0.25) is 0 Å². The molecule has 1 heterocycles. The fourth-order valence-corrected chi connectivity index (χ4v) is 3.01. The Morgan fingerprint density at radius 3 is 2.68 bits per heavy atom. The van der Waals surface area contributed by atoms with Crippen LogP contribution in [0, 0.1) is 5.82 Å². The largest absolute Gasteiger partial charge is 0.399 e. The van der Waals surface area contributed by atoms with Crippen LogP contribution in [0.1, 0.15) is 0 Å². The predicted octanol–water partition coefficient (Wildman–Crippen LogP) is 2.26. The average molecular weight is 302 g/mol. The van der Waals surface area contributed by atoms with Crippen LogP contribution in [0.15, 0.2) is 41.6 Å². The summed E-state index contributed by atoms with van der Waals surface area (Å²) in [6.07, 6.45) is 2.17. The minimum absolute atomic E-state index is 0.0398. The number of sulfonamides is 1. The first-order chi connectivity index (χ1) is 8.90. The lowest BCUT2D eigenvalue weighted by Crippen LogP contribution is -2.14. The summed E-state index contributed by atoms with van der Waals surface area (Å²) in [5.74, 6) is -0.780. The van der Waals surface area contributed by atoms with Crippen molar-refractivity contribution in [2.24, 2.45) is 0 Å². The molecule has 0 aliphatic carbocycles. The lowest BCUT2D eigenvalue weighted by Gasteiger charge is -2.10. The molecule has 0 saturated heterocycles. The second-order valence-corrected chi connectivity index (χ2v) is 5.71. The Labute approximate surface area is 114 Å². The van der Waals surface area contributed by atoms with Gasteiger partial charge in [-0.15, -0.1) is 0 Å². The summed E-state index contributed by atoms with van der Waals surface area (Å²) in [5, 5.41) is -0.0398. The molecule has 1 aromatic carbocycles. The Bertz CT molecular complexity index is 722. The molecule has 3 N–H and O–H groups in total. The Morgan fingerprint density at radius 2 is 2.05 bits per heavy atom. The smallest absolute Gasteiger partial charge is 0.263 e. The first-order valence-electron chi connectivity index (χ1n) is 5.07. The molecule has 1 aromatic heterocycles. The van der Waals surface area contributed by atoms with Gasteiger partial charge >= 0.3 is 0 Å². The molecule has 0 aliphatic heterocycles. The maximum atomic E-state index is 13.4. The summed E-state index contributed by atoms with van der Waals surface area (Å²) in [7, 11) is -3.99. The van der Waals surface area contributed by atoms with Crippen LogP contribution in [0.25, 0.3) is 0 Å². The van der Waals surface area contributed by atoms with Crippen molar-refractivity contribution in [3.05, 3.63) is 47.5 Å². The molecule has 0 amide bonds. The Morgan fingerprint density at radius 1 is 1.32 bits per heavy atom. The van der Waals surface area contributed by atoms with Gasteiger partial charge in [-0.2, -0.15) is 0 Å². The molecule has 0 radical (unpaired) electrons. The number of hydrogen-bond acceptors (Lipinski definition) is 4. The van der Waals surface area contributed by atoms with Gasteiger partial charge in [-0.05, 0) is 24.3 Å². The minimum Gasteiger partial charge on any atom is -0.399 e. The zero-order valence-corrected chi connectivity index (χ0v) is 11.0. The molecule has 0 atom stereocenters. The van der Waals surface area contributed by atoms with Crippen molar-refractivity contribution in [1.29, 1.82) is 0 Å². The molecule has 0 unspecified atom stereocenters. The van der Waals surface area contributed by atoms with Crippen LogP contribution >= 0.6 is 11.6 Å². The number of benzene rings is 1. The number of pyridine rings is 1. The second-order valence-electron chi connectivity index (χ2n) is 3.65. The van der Waals surface area contributed by atoms with Gasteiger partial charge in [0.15, 0.2) is 5.82 Å². The lowest BCUT2D eigenvalue weighted by molar-refractivity contribution is 0.598. The van der Waals surface area contributed by atoms with E-state index in [4.69, 9.17) is 17.3 Å². The number of nitrogens with one attached hydrogen (secondary N) is 1. The van der Waals surface area contributed by atoms with Gasteiger partial charge in [-0.1, -0.05) is 11.6 Å². The van der Waals surface area contributed by atoms with E-state index in [2.05, 4.69) is 9.71 Å². The van der Waals surface area contributed by atoms with Crippen LogP contribution in [-0.2, 0) is 10.0 Å². The number of nitrogens with two attached hydrogens (primary N) is 1. The first kappa shape index (κ1) is 13.6. The van der Waals surface area contributed by atoms with E-state index in [9.17, 15) is 12.8 Å². The van der Waals surface area contributed by atoms with Gasteiger partial charge in [-0.3, -0.25) is 9.71 Å². The van der Waals surface area contributed by atoms with E-state index in [1.165, 1.54) is 30.5 Å². The zero-order valence-electron chi connectivity index (χ0n) is 9.47. The quantitative estimate of drug-likeness (QED) is 0.852. The third-order valence-electron chi connectivity index (χ3n) is 2.26. The molecule has 0 fully saturated rings. The number of hydrogen-bond donors (Lipinski definition) is 2. The maximum Gasteiger partial charge on any atom is 0.263 e. The van der Waals surface area contributed by atoms with Crippen molar-refractivity contribution in [1.82, 2.24) is 4.98 Å². The molecular weight excluding hydrogens is 293 g/mol. The van der Waals surface area contributed by atoms with E-state index in [0.717, 1.165) is 6.20 Å². The molecule has 5 nitrogen and oxygen atoms in total. The van der Waals surface area contributed by atoms with Crippen molar-refractivity contribution >= 4 is 33.0 Å². The fourth-order valence-electron chi connectivity index (χ4n) is 1.39. The van der Waals surface area contributed by atoms with Gasteiger partial charge in [-0.25, -0.2) is 12.8 Å². The zero-order chi connectivity index (χ0) is 14.0. The third-order valence-corrected chi connectivity index (χ3v) is 4.11. The average Bonchev–Trinajstić information content (AvgIpc) is 2.31. The standard InChI is InChI=1S/C11H9ClFN3O2S/c12-8-5-7(14)1-2-11(8)19(17,18)16-10-3-4-15-6-9(10)13/h1-6H,14H2,(H,15,16). The highest BCUT2D eigenvalue weighted by Gasteiger charge is 2.19. The molecule has 100 valence electrons. The summed E-state index contributed by atoms with van der Waals surface area (Å²) < 4.78 is 39.6. The van der Waals surface area contributed by atoms with E-state index in [0.29, 0.717) is 5.69 Å². The predicted molar refractivity (Wildman–Crippen MR) is 70.9 cm³/mol. The second kappa shape index (κ2) is 5.02. The summed E-state index contributed by atoms with van der Waals surface area (Å²) in [4.78, 5) is 3.34. The Kier molecular flexibility index (Phi) is 3.59. The van der Waals surface area contributed by atoms with Gasteiger partial charge in [0.25, 0.3) is 10.0 Å². The van der Waals surface area contributed by atoms with Crippen LogP contribution in [0.5, 0.6) is 0 Å². The number of nitrogen functional groups attached to an aromatic ring is 1. The van der Waals surface area contributed by atoms with Crippen LogP contribution in [0.3, 0.4) is 0 Å². The Balaban J connectivity index is 2.41. The van der Waals surface area contributed by atoms with E-state index in [1.807, 2.05) is 0 Å². The van der Waals surface area contributed by atoms with Crippen LogP contribution in [0.4, 0.5) is 15.8 Å². The molecule has 2 aromatic rings. The highest BCUT2D eigenvalue weighted by molar-refractivity contribution is 7.92. The van der Waals surface area contributed by atoms with E-state index in [-0.39, 0.29) is 15.6 Å². The van der Waals surface area contributed by atoms with Gasteiger partial charge in [0.05, 0.1) is 16.9 Å². The summed E-state index contributed by atoms with van der Waals surface area (Å²) in [6.45, 7) is 0. The molecular formula is C11H9ClFN3O2S. The number of halogens is 2. The topological polar surface area (TPSA) is 85.1 Å². The summed E-state index contributed by atoms with van der Waals surface area (Å²) >= 11 is 5.81. The molecule has 0 aliphatic rings. The number of nitrogens with zero attached hydrogens (tertiary/aromatic N) is 1. The molecule has 0 spiro atoms. The van der Waals surface area contributed by atoms with Crippen LogP contribution < -0.4 is 10.5 Å². The minimum atomic E-state index is -3.99. The van der Waals surface area contributed by atoms with Crippen molar-refractivity contribution in [3.63, 3.8) is 0 Å². The SMILES string of the molecule is Nc1ccc(S(=O)(=O)Nc2ccncc2F)c(Cl)c1. The molecule has 0 bridgehead atoms. The van der Waals surface area contributed by atoms with Gasteiger partial charge < -0.3 is 5.73 Å². The van der Waals surface area contributed by atoms with Crippen molar-refractivity contribution in [2.75, 3.05) is 10.5 Å². The van der Waals surface area contributed by atoms with E-state index in [1.54, 1.807) is 0 Å². The maximum absolute atomic E-state index is 13.4. The van der Waals surface area contributed by atoms with Crippen molar-refractivity contribution < 1.29 is 12.8 Å². The third kappa shape index (κ3) is 2.94. The fraction of sp³-hybridized carbons (Fsp3) is 0. The Hall–Kier alpha value is -1.86. The van der Waals surface area contributed by atoms with Crippen LogP contribution in [0.2, 0.25) is 5.02 Å². The molecule has 19 heavy (non-hydrogen) atoms. The number of aromatic nitrogens is 1. The molecule has 8 heteroatoms. The molecule has 2 rings (SSSR count). The monoisotopic (exact) mass is 301 g/mol. The number of anilines is 2. The number of rotatable bonds is 3. The summed E-state index contributed by atoms with van der Waals surface area (Å²) in [6, 6.07) is 5.15. The van der Waals surface area contributed by atoms with Gasteiger partial charge in [0.1, 0.15) is 4.90 Å². The van der Waals surface area contributed by atoms with E-state index >= 15 is 0 Å².